The molecular formula is C18H23N5O. The lowest BCUT2D eigenvalue weighted by Crippen LogP contribution is -2.18. The Bertz CT molecular complexity index is 693. The molecule has 2 heterocycles. The van der Waals surface area contributed by atoms with E-state index in [1.54, 1.807) is 12.3 Å². The molecule has 1 aromatic carbocycles. The van der Waals surface area contributed by atoms with Crippen LogP contribution in [0.15, 0.2) is 36.5 Å². The smallest absolute Gasteiger partial charge is 0.274 e. The average molecular weight is 325 g/mol. The highest BCUT2D eigenvalue weighted by molar-refractivity contribution is 6.03. The van der Waals surface area contributed by atoms with Gasteiger partial charge in [0.1, 0.15) is 5.69 Å². The molecule has 6 nitrogen and oxygen atoms in total. The van der Waals surface area contributed by atoms with Gasteiger partial charge < -0.3 is 15.5 Å². The fraction of sp³-hybridized carbons (Fsp3) is 0.389. The van der Waals surface area contributed by atoms with Crippen molar-refractivity contribution in [2.75, 3.05) is 28.6 Å². The molecular weight excluding hydrogens is 302 g/mol. The highest BCUT2D eigenvalue weighted by Gasteiger charge is 2.13. The Hall–Kier alpha value is -2.63. The van der Waals surface area contributed by atoms with Gasteiger partial charge in [-0.3, -0.25) is 4.79 Å². The summed E-state index contributed by atoms with van der Waals surface area (Å²) >= 11 is 0. The zero-order valence-electron chi connectivity index (χ0n) is 14.1. The molecule has 2 N–H and O–H groups in total. The second-order valence-electron chi connectivity index (χ2n) is 6.26. The quantitative estimate of drug-likeness (QED) is 0.884. The van der Waals surface area contributed by atoms with E-state index in [0.717, 1.165) is 18.8 Å². The molecule has 1 saturated heterocycles. The molecule has 0 atom stereocenters. The summed E-state index contributed by atoms with van der Waals surface area (Å²) in [5, 5.41) is 5.98. The lowest BCUT2D eigenvalue weighted by molar-refractivity contribution is 0.102. The van der Waals surface area contributed by atoms with Gasteiger partial charge in [-0.1, -0.05) is 0 Å². The summed E-state index contributed by atoms with van der Waals surface area (Å²) in [5.74, 6) is 0.222. The van der Waals surface area contributed by atoms with Gasteiger partial charge in [0.2, 0.25) is 5.95 Å². The first kappa shape index (κ1) is 16.2. The fourth-order valence-electron chi connectivity index (χ4n) is 2.74. The minimum absolute atomic E-state index is 0.210. The lowest BCUT2D eigenvalue weighted by Gasteiger charge is -2.17. The van der Waals surface area contributed by atoms with Crippen molar-refractivity contribution >= 4 is 23.2 Å². The van der Waals surface area contributed by atoms with Crippen LogP contribution in [-0.2, 0) is 0 Å². The topological polar surface area (TPSA) is 70.2 Å². The Labute approximate surface area is 142 Å². The molecule has 0 saturated carbocycles. The van der Waals surface area contributed by atoms with Gasteiger partial charge in [0.05, 0.1) is 0 Å². The van der Waals surface area contributed by atoms with E-state index in [1.165, 1.54) is 18.5 Å². The van der Waals surface area contributed by atoms with Crippen molar-refractivity contribution in [1.29, 1.82) is 0 Å². The molecule has 0 spiro atoms. The van der Waals surface area contributed by atoms with Crippen molar-refractivity contribution in [3.05, 3.63) is 42.2 Å². The number of carbonyl (C=O) groups is 1. The molecule has 0 radical (unpaired) electrons. The Kier molecular flexibility index (Phi) is 4.93. The van der Waals surface area contributed by atoms with Crippen LogP contribution >= 0.6 is 0 Å². The van der Waals surface area contributed by atoms with Gasteiger partial charge in [0, 0.05) is 36.7 Å². The van der Waals surface area contributed by atoms with Crippen LogP contribution < -0.4 is 15.5 Å². The van der Waals surface area contributed by atoms with Crippen molar-refractivity contribution in [2.45, 2.75) is 32.7 Å². The van der Waals surface area contributed by atoms with Crippen LogP contribution in [0.5, 0.6) is 0 Å². The van der Waals surface area contributed by atoms with Gasteiger partial charge in [0.25, 0.3) is 5.91 Å². The zero-order valence-corrected chi connectivity index (χ0v) is 14.1. The third-order valence-electron chi connectivity index (χ3n) is 3.90. The van der Waals surface area contributed by atoms with Gasteiger partial charge in [-0.15, -0.1) is 0 Å². The average Bonchev–Trinajstić information content (AvgIpc) is 3.09. The number of aromatic nitrogens is 2. The van der Waals surface area contributed by atoms with E-state index in [9.17, 15) is 4.79 Å². The number of rotatable bonds is 5. The van der Waals surface area contributed by atoms with Crippen LogP contribution in [0.25, 0.3) is 0 Å². The number of carbonyl (C=O) groups excluding carboxylic acids is 1. The number of hydrogen-bond acceptors (Lipinski definition) is 5. The van der Waals surface area contributed by atoms with E-state index in [1.807, 2.05) is 38.1 Å². The number of anilines is 3. The third kappa shape index (κ3) is 4.01. The Morgan fingerprint density at radius 1 is 1.12 bits per heavy atom. The Morgan fingerprint density at radius 2 is 1.83 bits per heavy atom. The molecule has 0 aliphatic carbocycles. The van der Waals surface area contributed by atoms with Crippen LogP contribution in [0.2, 0.25) is 0 Å². The minimum atomic E-state index is -0.238. The predicted octanol–water partition coefficient (Wildman–Crippen LogP) is 3.15. The SMILES string of the molecule is CC(C)Nc1nccc(C(=O)Nc2ccc(N3CCCC3)cc2)n1. The van der Waals surface area contributed by atoms with Crippen LogP contribution in [0, 0.1) is 0 Å². The second kappa shape index (κ2) is 7.29. The van der Waals surface area contributed by atoms with Gasteiger partial charge in [-0.25, -0.2) is 9.97 Å². The lowest BCUT2D eigenvalue weighted by atomic mass is 10.2. The molecule has 126 valence electrons. The highest BCUT2D eigenvalue weighted by Crippen LogP contribution is 2.22. The maximum Gasteiger partial charge on any atom is 0.274 e. The molecule has 1 aromatic heterocycles. The molecule has 3 rings (SSSR count). The van der Waals surface area contributed by atoms with E-state index in [-0.39, 0.29) is 11.9 Å². The maximum absolute atomic E-state index is 12.4. The summed E-state index contributed by atoms with van der Waals surface area (Å²) in [6, 6.07) is 9.78. The van der Waals surface area contributed by atoms with E-state index < -0.39 is 0 Å². The zero-order chi connectivity index (χ0) is 16.9. The first-order chi connectivity index (χ1) is 11.6. The van der Waals surface area contributed by atoms with Crippen molar-refractivity contribution < 1.29 is 4.79 Å². The molecule has 1 fully saturated rings. The number of amides is 1. The fourth-order valence-corrected chi connectivity index (χ4v) is 2.74. The van der Waals surface area contributed by atoms with Crippen LogP contribution in [-0.4, -0.2) is 35.0 Å². The summed E-state index contributed by atoms with van der Waals surface area (Å²) in [6.07, 6.45) is 4.08. The third-order valence-corrected chi connectivity index (χ3v) is 3.90. The predicted molar refractivity (Wildman–Crippen MR) is 96.6 cm³/mol. The standard InChI is InChI=1S/C18H23N5O/c1-13(2)20-18-19-10-9-16(22-18)17(24)21-14-5-7-15(8-6-14)23-11-3-4-12-23/h5-10,13H,3-4,11-12H2,1-2H3,(H,21,24)(H,19,20,22). The van der Waals surface area contributed by atoms with Crippen molar-refractivity contribution in [2.24, 2.45) is 0 Å². The van der Waals surface area contributed by atoms with Crippen molar-refractivity contribution in [3.63, 3.8) is 0 Å². The molecule has 24 heavy (non-hydrogen) atoms. The molecule has 1 amide bonds. The van der Waals surface area contributed by atoms with Gasteiger partial charge in [-0.05, 0) is 57.0 Å². The molecule has 2 aromatic rings. The first-order valence-corrected chi connectivity index (χ1v) is 8.38. The monoisotopic (exact) mass is 325 g/mol. The minimum Gasteiger partial charge on any atom is -0.372 e. The molecule has 0 unspecified atom stereocenters. The number of nitrogens with one attached hydrogen (secondary N) is 2. The summed E-state index contributed by atoms with van der Waals surface area (Å²) < 4.78 is 0. The number of benzene rings is 1. The molecule has 1 aliphatic heterocycles. The Balaban J connectivity index is 1.66. The van der Waals surface area contributed by atoms with Crippen molar-refractivity contribution in [3.8, 4) is 0 Å². The summed E-state index contributed by atoms with van der Waals surface area (Å²) in [7, 11) is 0. The van der Waals surface area contributed by atoms with Gasteiger partial charge in [0.15, 0.2) is 0 Å². The van der Waals surface area contributed by atoms with Crippen LogP contribution in [0.1, 0.15) is 37.2 Å². The summed E-state index contributed by atoms with van der Waals surface area (Å²) in [4.78, 5) is 23.1. The maximum atomic E-state index is 12.4. The molecule has 0 bridgehead atoms. The van der Waals surface area contributed by atoms with Crippen molar-refractivity contribution in [1.82, 2.24) is 9.97 Å². The summed E-state index contributed by atoms with van der Waals surface area (Å²) in [6.45, 7) is 6.21. The largest absolute Gasteiger partial charge is 0.372 e. The Morgan fingerprint density at radius 3 is 2.50 bits per heavy atom. The first-order valence-electron chi connectivity index (χ1n) is 8.38. The normalized spacial score (nSPS) is 14.0. The van der Waals surface area contributed by atoms with E-state index in [4.69, 9.17) is 0 Å². The number of hydrogen-bond donors (Lipinski definition) is 2. The highest BCUT2D eigenvalue weighted by atomic mass is 16.1. The van der Waals surface area contributed by atoms with E-state index in [2.05, 4.69) is 25.5 Å². The van der Waals surface area contributed by atoms with Gasteiger partial charge in [-0.2, -0.15) is 0 Å². The van der Waals surface area contributed by atoms with Crippen LogP contribution in [0.3, 0.4) is 0 Å². The summed E-state index contributed by atoms with van der Waals surface area (Å²) in [5.41, 5.74) is 2.31. The molecule has 1 aliphatic rings. The van der Waals surface area contributed by atoms with Crippen LogP contribution in [0.4, 0.5) is 17.3 Å². The van der Waals surface area contributed by atoms with E-state index >= 15 is 0 Å². The molecule has 6 heteroatoms. The van der Waals surface area contributed by atoms with Gasteiger partial charge >= 0.3 is 0 Å². The number of nitrogens with zero attached hydrogens (tertiary/aromatic N) is 3. The second-order valence-corrected chi connectivity index (χ2v) is 6.26. The van der Waals surface area contributed by atoms with E-state index in [0.29, 0.717) is 11.6 Å².